The molecular weight excluding hydrogens is 272 g/mol. The first-order chi connectivity index (χ1) is 10.8. The molecule has 2 aromatic rings. The molecule has 0 aliphatic carbocycles. The third-order valence-corrected chi connectivity index (χ3v) is 3.54. The summed E-state index contributed by atoms with van der Waals surface area (Å²) >= 11 is 0. The fraction of sp³-hybridized carbons (Fsp3) is 0.300. The Balaban J connectivity index is 1.61. The van der Waals surface area contributed by atoms with Crippen molar-refractivity contribution in [1.82, 2.24) is 0 Å². The van der Waals surface area contributed by atoms with Crippen LogP contribution >= 0.6 is 0 Å². The molecule has 2 nitrogen and oxygen atoms in total. The summed E-state index contributed by atoms with van der Waals surface area (Å²) < 4.78 is 10.7. The average molecular weight is 296 g/mol. The minimum atomic E-state index is 0.725. The van der Waals surface area contributed by atoms with Gasteiger partial charge >= 0.3 is 0 Å². The SMILES string of the molecule is COc1ccc(CCC=COCCc2cccc(C)c2)cc1. The number of hydrogen-bond acceptors (Lipinski definition) is 2. The molecule has 0 unspecified atom stereocenters. The predicted molar refractivity (Wildman–Crippen MR) is 91.3 cm³/mol. The van der Waals surface area contributed by atoms with Gasteiger partial charge in [0.25, 0.3) is 0 Å². The van der Waals surface area contributed by atoms with Gasteiger partial charge < -0.3 is 9.47 Å². The van der Waals surface area contributed by atoms with Gasteiger partial charge in [0.15, 0.2) is 0 Å². The van der Waals surface area contributed by atoms with Crippen molar-refractivity contribution >= 4 is 0 Å². The molecule has 2 rings (SSSR count). The van der Waals surface area contributed by atoms with Crippen molar-refractivity contribution in [2.45, 2.75) is 26.2 Å². The van der Waals surface area contributed by atoms with Crippen molar-refractivity contribution in [3.63, 3.8) is 0 Å². The monoisotopic (exact) mass is 296 g/mol. The molecular formula is C20H24O2. The highest BCUT2D eigenvalue weighted by Gasteiger charge is 1.94. The van der Waals surface area contributed by atoms with Crippen LogP contribution < -0.4 is 4.74 Å². The van der Waals surface area contributed by atoms with Gasteiger partial charge in [0.1, 0.15) is 5.75 Å². The van der Waals surface area contributed by atoms with E-state index in [4.69, 9.17) is 9.47 Å². The molecule has 2 heteroatoms. The minimum Gasteiger partial charge on any atom is -0.501 e. The molecule has 116 valence electrons. The topological polar surface area (TPSA) is 18.5 Å². The zero-order valence-electron chi connectivity index (χ0n) is 13.4. The van der Waals surface area contributed by atoms with E-state index in [0.29, 0.717) is 0 Å². The van der Waals surface area contributed by atoms with E-state index in [-0.39, 0.29) is 0 Å². The molecule has 0 bridgehead atoms. The largest absolute Gasteiger partial charge is 0.501 e. The quantitative estimate of drug-likeness (QED) is 0.519. The third kappa shape index (κ3) is 5.65. The van der Waals surface area contributed by atoms with Crippen molar-refractivity contribution in [2.24, 2.45) is 0 Å². The van der Waals surface area contributed by atoms with Gasteiger partial charge in [-0.1, -0.05) is 42.0 Å². The normalized spacial score (nSPS) is 10.8. The fourth-order valence-electron chi connectivity index (χ4n) is 2.29. The Morgan fingerprint density at radius 2 is 1.77 bits per heavy atom. The standard InChI is InChI=1S/C20H24O2/c1-17-6-5-8-19(16-17)13-15-22-14-4-3-7-18-9-11-20(21-2)12-10-18/h4-6,8-12,14,16H,3,7,13,15H2,1-2H3. The van der Waals surface area contributed by atoms with Gasteiger partial charge in [0.05, 0.1) is 20.0 Å². The van der Waals surface area contributed by atoms with Gasteiger partial charge in [0.2, 0.25) is 0 Å². The van der Waals surface area contributed by atoms with Crippen molar-refractivity contribution in [1.29, 1.82) is 0 Å². The number of rotatable bonds is 8. The maximum Gasteiger partial charge on any atom is 0.118 e. The molecule has 0 aromatic heterocycles. The Bertz CT molecular complexity index is 585. The van der Waals surface area contributed by atoms with E-state index >= 15 is 0 Å². The fourth-order valence-corrected chi connectivity index (χ4v) is 2.29. The Morgan fingerprint density at radius 1 is 0.955 bits per heavy atom. The molecule has 2 aromatic carbocycles. The van der Waals surface area contributed by atoms with Crippen LogP contribution in [0.4, 0.5) is 0 Å². The van der Waals surface area contributed by atoms with Crippen LogP contribution in [0.5, 0.6) is 5.75 Å². The highest BCUT2D eigenvalue weighted by Crippen LogP contribution is 2.12. The van der Waals surface area contributed by atoms with Crippen LogP contribution in [0.25, 0.3) is 0 Å². The van der Waals surface area contributed by atoms with E-state index in [1.165, 1.54) is 16.7 Å². The molecule has 0 aliphatic rings. The molecule has 0 spiro atoms. The molecule has 0 atom stereocenters. The molecule has 0 amide bonds. The molecule has 0 saturated carbocycles. The lowest BCUT2D eigenvalue weighted by atomic mass is 10.1. The van der Waals surface area contributed by atoms with Gasteiger partial charge in [-0.25, -0.2) is 0 Å². The summed E-state index contributed by atoms with van der Waals surface area (Å²) in [5.74, 6) is 0.902. The maximum atomic E-state index is 5.55. The first-order valence-electron chi connectivity index (χ1n) is 7.73. The highest BCUT2D eigenvalue weighted by atomic mass is 16.5. The smallest absolute Gasteiger partial charge is 0.118 e. The van der Waals surface area contributed by atoms with Crippen molar-refractivity contribution in [3.8, 4) is 5.75 Å². The number of methoxy groups -OCH3 is 1. The Kier molecular flexibility index (Phi) is 6.56. The summed E-state index contributed by atoms with van der Waals surface area (Å²) in [5.41, 5.74) is 3.93. The van der Waals surface area contributed by atoms with Gasteiger partial charge in [-0.05, 0) is 49.1 Å². The maximum absolute atomic E-state index is 5.55. The van der Waals surface area contributed by atoms with Gasteiger partial charge in [-0.15, -0.1) is 0 Å². The summed E-state index contributed by atoms with van der Waals surface area (Å²) in [6, 6.07) is 16.8. The molecule has 0 radical (unpaired) electrons. The van der Waals surface area contributed by atoms with Crippen molar-refractivity contribution < 1.29 is 9.47 Å². The lowest BCUT2D eigenvalue weighted by molar-refractivity contribution is 0.252. The molecule has 0 heterocycles. The summed E-state index contributed by atoms with van der Waals surface area (Å²) in [7, 11) is 1.69. The number of ether oxygens (including phenoxy) is 2. The summed E-state index contributed by atoms with van der Waals surface area (Å²) in [4.78, 5) is 0. The molecule has 0 saturated heterocycles. The average Bonchev–Trinajstić information content (AvgIpc) is 2.54. The molecule has 0 aliphatic heterocycles. The third-order valence-electron chi connectivity index (χ3n) is 3.54. The summed E-state index contributed by atoms with van der Waals surface area (Å²) in [6.45, 7) is 2.84. The Labute approximate surface area is 133 Å². The second-order valence-corrected chi connectivity index (χ2v) is 5.37. The summed E-state index contributed by atoms with van der Waals surface area (Å²) in [5, 5.41) is 0. The lowest BCUT2D eigenvalue weighted by Gasteiger charge is -2.03. The van der Waals surface area contributed by atoms with Crippen LogP contribution in [-0.4, -0.2) is 13.7 Å². The molecule has 0 fully saturated rings. The van der Waals surface area contributed by atoms with E-state index in [1.807, 2.05) is 18.4 Å². The zero-order valence-corrected chi connectivity index (χ0v) is 13.4. The highest BCUT2D eigenvalue weighted by molar-refractivity contribution is 5.27. The second-order valence-electron chi connectivity index (χ2n) is 5.37. The van der Waals surface area contributed by atoms with Crippen molar-refractivity contribution in [3.05, 3.63) is 77.6 Å². The van der Waals surface area contributed by atoms with Crippen LogP contribution in [-0.2, 0) is 17.6 Å². The van der Waals surface area contributed by atoms with Gasteiger partial charge in [0, 0.05) is 6.42 Å². The van der Waals surface area contributed by atoms with Gasteiger partial charge in [-0.3, -0.25) is 0 Å². The van der Waals surface area contributed by atoms with Crippen LogP contribution in [0.15, 0.2) is 60.9 Å². The number of allylic oxidation sites excluding steroid dienone is 1. The van der Waals surface area contributed by atoms with Crippen LogP contribution in [0, 0.1) is 6.92 Å². The van der Waals surface area contributed by atoms with E-state index < -0.39 is 0 Å². The van der Waals surface area contributed by atoms with Gasteiger partial charge in [-0.2, -0.15) is 0 Å². The van der Waals surface area contributed by atoms with Crippen LogP contribution in [0.1, 0.15) is 23.1 Å². The van der Waals surface area contributed by atoms with E-state index in [1.54, 1.807) is 7.11 Å². The predicted octanol–water partition coefficient (Wildman–Crippen LogP) is 4.71. The number of aryl methyl sites for hydroxylation is 2. The van der Waals surface area contributed by atoms with Crippen LogP contribution in [0.2, 0.25) is 0 Å². The molecule has 22 heavy (non-hydrogen) atoms. The second kappa shape index (κ2) is 8.93. The zero-order chi connectivity index (χ0) is 15.6. The van der Waals surface area contributed by atoms with E-state index in [2.05, 4.69) is 49.4 Å². The van der Waals surface area contributed by atoms with Crippen molar-refractivity contribution in [2.75, 3.05) is 13.7 Å². The van der Waals surface area contributed by atoms with E-state index in [9.17, 15) is 0 Å². The first-order valence-corrected chi connectivity index (χ1v) is 7.73. The first kappa shape index (κ1) is 16.2. The number of hydrogen-bond donors (Lipinski definition) is 0. The summed E-state index contributed by atoms with van der Waals surface area (Å²) in [6.07, 6.45) is 6.85. The Hall–Kier alpha value is -2.22. The van der Waals surface area contributed by atoms with E-state index in [0.717, 1.165) is 31.6 Å². The van der Waals surface area contributed by atoms with Crippen LogP contribution in [0.3, 0.4) is 0 Å². The molecule has 0 N–H and O–H groups in total. The Morgan fingerprint density at radius 3 is 2.50 bits per heavy atom. The minimum absolute atomic E-state index is 0.725. The number of benzene rings is 2. The lowest BCUT2D eigenvalue weighted by Crippen LogP contribution is -1.94.